The molecule has 0 fully saturated rings. The number of aromatic nitrogens is 1. The van der Waals surface area contributed by atoms with Crippen molar-refractivity contribution < 1.29 is 9.53 Å². The summed E-state index contributed by atoms with van der Waals surface area (Å²) >= 11 is 24.8. The van der Waals surface area contributed by atoms with Crippen molar-refractivity contribution in [1.29, 1.82) is 0 Å². The fraction of sp³-hybridized carbons (Fsp3) is 0.240. The average Bonchev–Trinajstić information content (AvgIpc) is 3.07. The summed E-state index contributed by atoms with van der Waals surface area (Å²) in [7, 11) is 0. The molecule has 0 spiro atoms. The monoisotopic (exact) mass is 537 g/mol. The van der Waals surface area contributed by atoms with E-state index in [1.165, 1.54) is 0 Å². The zero-order chi connectivity index (χ0) is 24.6. The van der Waals surface area contributed by atoms with E-state index < -0.39 is 11.7 Å². The smallest absolute Gasteiger partial charge is 0.407 e. The second-order valence-corrected chi connectivity index (χ2v) is 10.6. The van der Waals surface area contributed by atoms with Crippen LogP contribution in [0.25, 0.3) is 21.8 Å². The molecule has 0 unspecified atom stereocenters. The molecule has 0 aliphatic carbocycles. The summed E-state index contributed by atoms with van der Waals surface area (Å²) in [5.74, 6) is 0. The van der Waals surface area contributed by atoms with Crippen LogP contribution in [0.2, 0.25) is 20.1 Å². The van der Waals surface area contributed by atoms with Gasteiger partial charge in [-0.25, -0.2) is 4.79 Å². The number of ether oxygens (including phenoxy) is 1. The summed E-state index contributed by atoms with van der Waals surface area (Å²) in [4.78, 5) is 15.5. The molecule has 5 nitrogen and oxygen atoms in total. The van der Waals surface area contributed by atoms with Gasteiger partial charge in [-0.2, -0.15) is 0 Å². The van der Waals surface area contributed by atoms with Gasteiger partial charge in [0.05, 0.1) is 20.1 Å². The fourth-order valence-electron chi connectivity index (χ4n) is 3.69. The van der Waals surface area contributed by atoms with E-state index in [1.807, 2.05) is 51.1 Å². The van der Waals surface area contributed by atoms with Gasteiger partial charge in [0.25, 0.3) is 0 Å². The quantitative estimate of drug-likeness (QED) is 0.238. The third-order valence-corrected chi connectivity index (χ3v) is 6.56. The largest absolute Gasteiger partial charge is 0.444 e. The maximum atomic E-state index is 12.1. The number of carbonyl (C=O) groups is 1. The Morgan fingerprint density at radius 1 is 0.882 bits per heavy atom. The number of amides is 1. The van der Waals surface area contributed by atoms with Crippen LogP contribution in [0.15, 0.2) is 42.5 Å². The van der Waals surface area contributed by atoms with E-state index >= 15 is 0 Å². The molecule has 0 aliphatic rings. The molecule has 1 amide bonds. The molecule has 178 valence electrons. The van der Waals surface area contributed by atoms with Crippen LogP contribution < -0.4 is 10.6 Å². The minimum Gasteiger partial charge on any atom is -0.444 e. The number of hydrogen-bond acceptors (Lipinski definition) is 3. The van der Waals surface area contributed by atoms with E-state index in [4.69, 9.17) is 51.1 Å². The normalized spacial score (nSPS) is 11.7. The standard InChI is InChI=1S/C25H23Cl4N3O2/c1-25(2,3)34-24(33)30-7-6-13-8-15(31-14-4-5-18(26)19(27)10-14)9-17-16-11-20(28)21(29)12-22(16)32-23(13)17/h4-5,8-12,31-32H,6-7H2,1-3H3,(H,30,33). The van der Waals surface area contributed by atoms with Gasteiger partial charge in [-0.3, -0.25) is 0 Å². The van der Waals surface area contributed by atoms with E-state index in [1.54, 1.807) is 12.1 Å². The molecule has 0 atom stereocenters. The van der Waals surface area contributed by atoms with Crippen LogP contribution >= 0.6 is 46.4 Å². The first-order chi connectivity index (χ1) is 16.0. The Morgan fingerprint density at radius 2 is 1.59 bits per heavy atom. The second kappa shape index (κ2) is 9.74. The summed E-state index contributed by atoms with van der Waals surface area (Å²) in [6, 6.07) is 13.1. The molecule has 0 radical (unpaired) electrons. The summed E-state index contributed by atoms with van der Waals surface area (Å²) in [6.07, 6.45) is 0.116. The first kappa shape index (κ1) is 24.8. The lowest BCUT2D eigenvalue weighted by atomic mass is 10.0. The van der Waals surface area contributed by atoms with E-state index in [9.17, 15) is 4.79 Å². The van der Waals surface area contributed by atoms with Crippen LogP contribution in [-0.4, -0.2) is 23.2 Å². The van der Waals surface area contributed by atoms with Crippen LogP contribution in [0, 0.1) is 0 Å². The third kappa shape index (κ3) is 5.66. The van der Waals surface area contributed by atoms with Crippen molar-refractivity contribution >= 4 is 85.7 Å². The zero-order valence-corrected chi connectivity index (χ0v) is 21.8. The van der Waals surface area contributed by atoms with E-state index in [-0.39, 0.29) is 0 Å². The summed E-state index contributed by atoms with van der Waals surface area (Å²) < 4.78 is 5.34. The van der Waals surface area contributed by atoms with Gasteiger partial charge in [0.15, 0.2) is 0 Å². The third-order valence-electron chi connectivity index (χ3n) is 5.10. The minimum absolute atomic E-state index is 0.400. The van der Waals surface area contributed by atoms with Gasteiger partial charge in [-0.15, -0.1) is 0 Å². The molecule has 1 aromatic heterocycles. The van der Waals surface area contributed by atoms with Crippen molar-refractivity contribution in [2.75, 3.05) is 11.9 Å². The predicted octanol–water partition coefficient (Wildman–Crippen LogP) is 8.75. The molecule has 1 heterocycles. The summed E-state index contributed by atoms with van der Waals surface area (Å²) in [5.41, 5.74) is 3.91. The number of aromatic amines is 1. The molecular weight excluding hydrogens is 516 g/mol. The van der Waals surface area contributed by atoms with Crippen molar-refractivity contribution in [2.45, 2.75) is 32.8 Å². The Morgan fingerprint density at radius 3 is 2.29 bits per heavy atom. The molecule has 0 bridgehead atoms. The highest BCUT2D eigenvalue weighted by atomic mass is 35.5. The number of halogens is 4. The molecule has 0 saturated carbocycles. The van der Waals surface area contributed by atoms with Crippen molar-refractivity contribution in [3.63, 3.8) is 0 Å². The molecule has 0 saturated heterocycles. The van der Waals surface area contributed by atoms with Crippen LogP contribution in [0.5, 0.6) is 0 Å². The van der Waals surface area contributed by atoms with E-state index in [0.717, 1.165) is 38.7 Å². The Bertz CT molecular complexity index is 1390. The highest BCUT2D eigenvalue weighted by Gasteiger charge is 2.17. The minimum atomic E-state index is -0.559. The molecule has 3 aromatic carbocycles. The van der Waals surface area contributed by atoms with E-state index in [2.05, 4.69) is 15.6 Å². The van der Waals surface area contributed by atoms with Gasteiger partial charge < -0.3 is 20.4 Å². The topological polar surface area (TPSA) is 66.2 Å². The highest BCUT2D eigenvalue weighted by molar-refractivity contribution is 6.43. The molecule has 9 heteroatoms. The Hall–Kier alpha value is -2.31. The molecular formula is C25H23Cl4N3O2. The van der Waals surface area contributed by atoms with Gasteiger partial charge >= 0.3 is 6.09 Å². The second-order valence-electron chi connectivity index (χ2n) is 8.93. The number of carbonyl (C=O) groups excluding carboxylic acids is 1. The van der Waals surface area contributed by atoms with Crippen molar-refractivity contribution in [2.24, 2.45) is 0 Å². The fourth-order valence-corrected chi connectivity index (χ4v) is 4.32. The molecule has 3 N–H and O–H groups in total. The Balaban J connectivity index is 1.71. The predicted molar refractivity (Wildman–Crippen MR) is 144 cm³/mol. The number of rotatable bonds is 5. The Kier molecular flexibility index (Phi) is 7.11. The first-order valence-electron chi connectivity index (χ1n) is 10.6. The van der Waals surface area contributed by atoms with Crippen molar-refractivity contribution in [3.8, 4) is 0 Å². The van der Waals surface area contributed by atoms with Crippen LogP contribution in [0.4, 0.5) is 16.2 Å². The highest BCUT2D eigenvalue weighted by Crippen LogP contribution is 2.36. The number of hydrogen-bond donors (Lipinski definition) is 3. The van der Waals surface area contributed by atoms with E-state index in [0.29, 0.717) is 33.1 Å². The van der Waals surface area contributed by atoms with Crippen molar-refractivity contribution in [1.82, 2.24) is 10.3 Å². The zero-order valence-electron chi connectivity index (χ0n) is 18.8. The van der Waals surface area contributed by atoms with Crippen LogP contribution in [0.1, 0.15) is 26.3 Å². The van der Waals surface area contributed by atoms with Gasteiger partial charge in [0.1, 0.15) is 5.60 Å². The number of alkyl carbamates (subject to hydrolysis) is 1. The molecule has 4 rings (SSSR count). The van der Waals surface area contributed by atoms with Gasteiger partial charge in [-0.1, -0.05) is 46.4 Å². The number of benzene rings is 3. The van der Waals surface area contributed by atoms with Gasteiger partial charge in [0.2, 0.25) is 0 Å². The number of fused-ring (bicyclic) bond motifs is 3. The first-order valence-corrected chi connectivity index (χ1v) is 12.1. The number of nitrogens with one attached hydrogen (secondary N) is 3. The average molecular weight is 539 g/mol. The summed E-state index contributed by atoms with van der Waals surface area (Å²) in [6.45, 7) is 5.89. The van der Waals surface area contributed by atoms with Crippen LogP contribution in [0.3, 0.4) is 0 Å². The molecule has 0 aliphatic heterocycles. The Labute approximate surface area is 217 Å². The molecule has 4 aromatic rings. The lowest BCUT2D eigenvalue weighted by Gasteiger charge is -2.19. The maximum Gasteiger partial charge on any atom is 0.407 e. The molecule has 34 heavy (non-hydrogen) atoms. The maximum absolute atomic E-state index is 12.1. The SMILES string of the molecule is CC(C)(C)OC(=O)NCCc1cc(Nc2ccc(Cl)c(Cl)c2)cc2c1[nH]c1cc(Cl)c(Cl)cc12. The summed E-state index contributed by atoms with van der Waals surface area (Å²) in [5, 5.41) is 10.0. The number of anilines is 2. The van der Waals surface area contributed by atoms with Crippen LogP contribution in [-0.2, 0) is 11.2 Å². The van der Waals surface area contributed by atoms with Crippen molar-refractivity contribution in [3.05, 3.63) is 68.1 Å². The lowest BCUT2D eigenvalue weighted by Crippen LogP contribution is -2.33. The van der Waals surface area contributed by atoms with Gasteiger partial charge in [0, 0.05) is 39.7 Å². The lowest BCUT2D eigenvalue weighted by molar-refractivity contribution is 0.0528. The number of H-pyrrole nitrogens is 1. The van der Waals surface area contributed by atoms with Gasteiger partial charge in [-0.05, 0) is 75.2 Å².